The first-order valence-corrected chi connectivity index (χ1v) is 7.28. The standard InChI is InChI=1S/C17H17ClO2/c18-15-6-8-16(9-7-15)20-17-12-14(10-11-19-17)13-4-2-1-3-5-13/h1-9,14,17H,10-12H2. The summed E-state index contributed by atoms with van der Waals surface area (Å²) in [5.74, 6) is 1.30. The number of hydrogen-bond acceptors (Lipinski definition) is 2. The Kier molecular flexibility index (Phi) is 4.24. The van der Waals surface area contributed by atoms with Gasteiger partial charge in [0.2, 0.25) is 0 Å². The van der Waals surface area contributed by atoms with Crippen molar-refractivity contribution in [3.8, 4) is 5.75 Å². The molecule has 0 bridgehead atoms. The summed E-state index contributed by atoms with van der Waals surface area (Å²) in [6, 6.07) is 18.0. The van der Waals surface area contributed by atoms with Crippen molar-refractivity contribution in [3.05, 3.63) is 65.2 Å². The summed E-state index contributed by atoms with van der Waals surface area (Å²) in [4.78, 5) is 0. The highest BCUT2D eigenvalue weighted by Gasteiger charge is 2.25. The lowest BCUT2D eigenvalue weighted by Gasteiger charge is -2.30. The average molecular weight is 289 g/mol. The molecule has 0 spiro atoms. The minimum atomic E-state index is -0.185. The molecule has 2 aromatic carbocycles. The summed E-state index contributed by atoms with van der Waals surface area (Å²) < 4.78 is 11.6. The van der Waals surface area contributed by atoms with E-state index in [9.17, 15) is 0 Å². The minimum Gasteiger partial charge on any atom is -0.465 e. The largest absolute Gasteiger partial charge is 0.465 e. The quantitative estimate of drug-likeness (QED) is 0.819. The summed E-state index contributed by atoms with van der Waals surface area (Å²) in [7, 11) is 0. The SMILES string of the molecule is Clc1ccc(OC2CC(c3ccccc3)CCO2)cc1. The number of rotatable bonds is 3. The fourth-order valence-corrected chi connectivity index (χ4v) is 2.66. The Hall–Kier alpha value is -1.51. The van der Waals surface area contributed by atoms with Crippen molar-refractivity contribution in [1.82, 2.24) is 0 Å². The molecule has 1 fully saturated rings. The number of halogens is 1. The van der Waals surface area contributed by atoms with E-state index in [1.807, 2.05) is 30.3 Å². The molecule has 20 heavy (non-hydrogen) atoms. The van der Waals surface area contributed by atoms with E-state index < -0.39 is 0 Å². The van der Waals surface area contributed by atoms with Gasteiger partial charge in [-0.15, -0.1) is 0 Å². The van der Waals surface area contributed by atoms with Crippen LogP contribution in [0.4, 0.5) is 0 Å². The molecule has 2 unspecified atom stereocenters. The van der Waals surface area contributed by atoms with Crippen LogP contribution in [0.15, 0.2) is 54.6 Å². The van der Waals surface area contributed by atoms with Crippen molar-refractivity contribution >= 4 is 11.6 Å². The third-order valence-corrected chi connectivity index (χ3v) is 3.85. The molecule has 1 saturated heterocycles. The molecule has 3 heteroatoms. The van der Waals surface area contributed by atoms with E-state index in [2.05, 4.69) is 24.3 Å². The first kappa shape index (κ1) is 13.5. The number of ether oxygens (including phenoxy) is 2. The van der Waals surface area contributed by atoms with Crippen LogP contribution in [0.5, 0.6) is 5.75 Å². The zero-order valence-corrected chi connectivity index (χ0v) is 11.9. The second kappa shape index (κ2) is 6.29. The lowest BCUT2D eigenvalue weighted by atomic mass is 9.91. The van der Waals surface area contributed by atoms with Gasteiger partial charge in [-0.1, -0.05) is 41.9 Å². The second-order valence-corrected chi connectivity index (χ2v) is 5.44. The lowest BCUT2D eigenvalue weighted by Crippen LogP contribution is -2.29. The molecule has 0 aliphatic carbocycles. The molecule has 1 aliphatic rings. The highest BCUT2D eigenvalue weighted by Crippen LogP contribution is 2.31. The van der Waals surface area contributed by atoms with E-state index in [0.717, 1.165) is 25.2 Å². The van der Waals surface area contributed by atoms with Crippen LogP contribution in [0.25, 0.3) is 0 Å². The molecule has 1 heterocycles. The van der Waals surface area contributed by atoms with E-state index in [0.29, 0.717) is 10.9 Å². The van der Waals surface area contributed by atoms with Gasteiger partial charge >= 0.3 is 0 Å². The molecule has 0 N–H and O–H groups in total. The molecule has 2 nitrogen and oxygen atoms in total. The van der Waals surface area contributed by atoms with Gasteiger partial charge in [-0.05, 0) is 42.2 Å². The van der Waals surface area contributed by atoms with Gasteiger partial charge in [-0.2, -0.15) is 0 Å². The van der Waals surface area contributed by atoms with Crippen molar-refractivity contribution in [2.45, 2.75) is 25.0 Å². The predicted molar refractivity (Wildman–Crippen MR) is 80.2 cm³/mol. The van der Waals surface area contributed by atoms with E-state index in [1.54, 1.807) is 0 Å². The maximum atomic E-state index is 5.88. The summed E-state index contributed by atoms with van der Waals surface area (Å²) in [6.07, 6.45) is 1.74. The molecular formula is C17H17ClO2. The highest BCUT2D eigenvalue weighted by atomic mass is 35.5. The van der Waals surface area contributed by atoms with Crippen molar-refractivity contribution in [2.75, 3.05) is 6.61 Å². The van der Waals surface area contributed by atoms with E-state index in [-0.39, 0.29) is 6.29 Å². The van der Waals surface area contributed by atoms with Crippen LogP contribution in [0.2, 0.25) is 5.02 Å². The zero-order chi connectivity index (χ0) is 13.8. The maximum absolute atomic E-state index is 5.88. The van der Waals surface area contributed by atoms with Crippen LogP contribution in [-0.2, 0) is 4.74 Å². The predicted octanol–water partition coefficient (Wildman–Crippen LogP) is 4.64. The molecule has 0 aromatic heterocycles. The lowest BCUT2D eigenvalue weighted by molar-refractivity contribution is -0.112. The van der Waals surface area contributed by atoms with Crippen molar-refractivity contribution in [2.24, 2.45) is 0 Å². The van der Waals surface area contributed by atoms with Gasteiger partial charge in [-0.3, -0.25) is 0 Å². The summed E-state index contributed by atoms with van der Waals surface area (Å²) in [5, 5.41) is 0.712. The third kappa shape index (κ3) is 3.33. The molecule has 1 aliphatic heterocycles. The average Bonchev–Trinajstić information content (AvgIpc) is 2.51. The van der Waals surface area contributed by atoms with Gasteiger partial charge in [0.15, 0.2) is 6.29 Å². The molecule has 2 aromatic rings. The Labute approximate surface area is 124 Å². The van der Waals surface area contributed by atoms with Crippen molar-refractivity contribution in [3.63, 3.8) is 0 Å². The Morgan fingerprint density at radius 1 is 1.00 bits per heavy atom. The molecule has 3 rings (SSSR count). The normalized spacial score (nSPS) is 22.4. The Morgan fingerprint density at radius 3 is 2.50 bits per heavy atom. The van der Waals surface area contributed by atoms with Crippen LogP contribution in [0, 0.1) is 0 Å². The first-order valence-electron chi connectivity index (χ1n) is 6.90. The molecule has 0 amide bonds. The topological polar surface area (TPSA) is 18.5 Å². The fourth-order valence-electron chi connectivity index (χ4n) is 2.53. The van der Waals surface area contributed by atoms with Gasteiger partial charge in [0.1, 0.15) is 5.75 Å². The summed E-state index contributed by atoms with van der Waals surface area (Å²) in [6.45, 7) is 0.734. The molecule has 0 saturated carbocycles. The summed E-state index contributed by atoms with van der Waals surface area (Å²) >= 11 is 5.87. The second-order valence-electron chi connectivity index (χ2n) is 5.00. The van der Waals surface area contributed by atoms with Crippen LogP contribution in [-0.4, -0.2) is 12.9 Å². The van der Waals surface area contributed by atoms with Gasteiger partial charge in [0.25, 0.3) is 0 Å². The van der Waals surface area contributed by atoms with E-state index >= 15 is 0 Å². The highest BCUT2D eigenvalue weighted by molar-refractivity contribution is 6.30. The summed E-state index contributed by atoms with van der Waals surface area (Å²) in [5.41, 5.74) is 1.36. The maximum Gasteiger partial charge on any atom is 0.200 e. The first-order chi connectivity index (χ1) is 9.81. The Balaban J connectivity index is 1.65. The number of hydrogen-bond donors (Lipinski definition) is 0. The molecule has 104 valence electrons. The van der Waals surface area contributed by atoms with Crippen molar-refractivity contribution in [1.29, 1.82) is 0 Å². The molecule has 0 radical (unpaired) electrons. The van der Waals surface area contributed by atoms with Gasteiger partial charge in [0, 0.05) is 11.4 Å². The van der Waals surface area contributed by atoms with Crippen LogP contribution < -0.4 is 4.74 Å². The fraction of sp³-hybridized carbons (Fsp3) is 0.294. The van der Waals surface area contributed by atoms with Gasteiger partial charge < -0.3 is 9.47 Å². The third-order valence-electron chi connectivity index (χ3n) is 3.60. The smallest absolute Gasteiger partial charge is 0.200 e. The van der Waals surface area contributed by atoms with Gasteiger partial charge in [0.05, 0.1) is 6.61 Å². The van der Waals surface area contributed by atoms with Gasteiger partial charge in [-0.25, -0.2) is 0 Å². The zero-order valence-electron chi connectivity index (χ0n) is 11.2. The Morgan fingerprint density at radius 2 is 1.75 bits per heavy atom. The van der Waals surface area contributed by atoms with Crippen LogP contribution >= 0.6 is 11.6 Å². The monoisotopic (exact) mass is 288 g/mol. The minimum absolute atomic E-state index is 0.185. The Bertz CT molecular complexity index is 539. The molecular weight excluding hydrogens is 272 g/mol. The number of benzene rings is 2. The van der Waals surface area contributed by atoms with Crippen LogP contribution in [0.1, 0.15) is 24.3 Å². The van der Waals surface area contributed by atoms with E-state index in [4.69, 9.17) is 21.1 Å². The van der Waals surface area contributed by atoms with Crippen LogP contribution in [0.3, 0.4) is 0 Å². The van der Waals surface area contributed by atoms with E-state index in [1.165, 1.54) is 5.56 Å². The van der Waals surface area contributed by atoms with Crippen molar-refractivity contribution < 1.29 is 9.47 Å². The molecule has 2 atom stereocenters.